The molecule has 7 heteroatoms. The smallest absolute Gasteiger partial charge is 0.267 e. The molecule has 0 unspecified atom stereocenters. The van der Waals surface area contributed by atoms with E-state index < -0.39 is 18.3 Å². The number of benzene rings is 2. The first-order chi connectivity index (χ1) is 16.5. The number of carbonyl (C=O) groups excluding carboxylic acids is 1. The maximum Gasteiger partial charge on any atom is 0.267 e. The minimum atomic E-state index is -0.840. The summed E-state index contributed by atoms with van der Waals surface area (Å²) in [6.45, 7) is 5.71. The number of ether oxygens (including phenoxy) is 1. The zero-order valence-electron chi connectivity index (χ0n) is 19.7. The third-order valence-corrected chi connectivity index (χ3v) is 6.14. The van der Waals surface area contributed by atoms with Crippen molar-refractivity contribution in [2.45, 2.75) is 58.2 Å². The van der Waals surface area contributed by atoms with Gasteiger partial charge in [0.1, 0.15) is 6.10 Å². The molecule has 3 aromatic rings. The third-order valence-electron chi connectivity index (χ3n) is 6.14. The summed E-state index contributed by atoms with van der Waals surface area (Å²) >= 11 is 0. The van der Waals surface area contributed by atoms with E-state index in [1.165, 1.54) is 33.8 Å². The van der Waals surface area contributed by atoms with Gasteiger partial charge in [-0.05, 0) is 68.5 Å². The van der Waals surface area contributed by atoms with Crippen LogP contribution in [0.25, 0.3) is 17.0 Å². The molecule has 0 radical (unpaired) electrons. The molecule has 1 aliphatic rings. The number of carbonyl (C=O) groups is 1. The number of aryl methyl sites for hydroxylation is 1. The van der Waals surface area contributed by atoms with Crippen molar-refractivity contribution in [1.29, 1.82) is 0 Å². The summed E-state index contributed by atoms with van der Waals surface area (Å²) in [6.07, 6.45) is 3.85. The Morgan fingerprint density at radius 1 is 1.21 bits per heavy atom. The van der Waals surface area contributed by atoms with E-state index in [4.69, 9.17) is 9.57 Å². The van der Waals surface area contributed by atoms with Crippen LogP contribution in [0.4, 0.5) is 0 Å². The van der Waals surface area contributed by atoms with Crippen LogP contribution in [0.5, 0.6) is 0 Å². The van der Waals surface area contributed by atoms with Crippen LogP contribution in [0.1, 0.15) is 42.1 Å². The first kappa shape index (κ1) is 24.2. The Hall–Kier alpha value is -2.97. The maximum absolute atomic E-state index is 12.0. The first-order valence-electron chi connectivity index (χ1n) is 11.8. The molecule has 0 aliphatic carbocycles. The van der Waals surface area contributed by atoms with E-state index in [-0.39, 0.29) is 6.10 Å². The van der Waals surface area contributed by atoms with Gasteiger partial charge in [0.05, 0.1) is 6.10 Å². The van der Waals surface area contributed by atoms with E-state index in [0.717, 1.165) is 31.5 Å². The lowest BCUT2D eigenvalue weighted by molar-refractivity contribution is -0.257. The number of hydroxylamine groups is 1. The molecule has 7 nitrogen and oxygen atoms in total. The number of hydrogen-bond donors (Lipinski definition) is 4. The van der Waals surface area contributed by atoms with Gasteiger partial charge in [-0.1, -0.05) is 42.5 Å². The molecule has 1 aromatic heterocycles. The lowest BCUT2D eigenvalue weighted by Gasteiger charge is -2.31. The summed E-state index contributed by atoms with van der Waals surface area (Å²) in [7, 11) is 0. The zero-order valence-corrected chi connectivity index (χ0v) is 19.7. The fraction of sp³-hybridized carbons (Fsp3) is 0.370. The third kappa shape index (κ3) is 6.33. The molecule has 1 amide bonds. The number of fused-ring (bicyclic) bond motifs is 1. The second kappa shape index (κ2) is 11.4. The van der Waals surface area contributed by atoms with Crippen LogP contribution >= 0.6 is 0 Å². The van der Waals surface area contributed by atoms with Crippen LogP contribution in [0.3, 0.4) is 0 Å². The summed E-state index contributed by atoms with van der Waals surface area (Å²) in [5, 5.41) is 14.7. The number of aliphatic hydroxyl groups excluding tert-OH is 1. The topological polar surface area (TPSA) is 95.6 Å². The molecule has 2 aromatic carbocycles. The minimum absolute atomic E-state index is 0.00788. The van der Waals surface area contributed by atoms with Gasteiger partial charge in [-0.2, -0.15) is 0 Å². The van der Waals surface area contributed by atoms with E-state index in [0.29, 0.717) is 6.42 Å². The van der Waals surface area contributed by atoms with Crippen molar-refractivity contribution in [2.75, 3.05) is 6.54 Å². The van der Waals surface area contributed by atoms with E-state index in [1.54, 1.807) is 6.08 Å². The van der Waals surface area contributed by atoms with Crippen molar-refractivity contribution in [2.24, 2.45) is 0 Å². The Labute approximate surface area is 200 Å². The Morgan fingerprint density at radius 2 is 2.00 bits per heavy atom. The Balaban J connectivity index is 1.19. The monoisotopic (exact) mass is 463 g/mol. The molecule has 1 aliphatic heterocycles. The van der Waals surface area contributed by atoms with Crippen molar-refractivity contribution in [3.63, 3.8) is 0 Å². The van der Waals surface area contributed by atoms with Crippen LogP contribution in [0.2, 0.25) is 0 Å². The first-order valence-corrected chi connectivity index (χ1v) is 11.8. The average Bonchev–Trinajstić information content (AvgIpc) is 3.16. The normalized spacial score (nSPS) is 20.7. The molecule has 0 bridgehead atoms. The van der Waals surface area contributed by atoms with Crippen molar-refractivity contribution in [3.8, 4) is 0 Å². The summed E-state index contributed by atoms with van der Waals surface area (Å²) in [5.41, 5.74) is 8.20. The predicted octanol–water partition coefficient (Wildman–Crippen LogP) is 3.76. The number of hydrogen-bond acceptors (Lipinski definition) is 5. The molecular formula is C27H33N3O4. The van der Waals surface area contributed by atoms with Gasteiger partial charge >= 0.3 is 0 Å². The number of amides is 1. The maximum atomic E-state index is 12.0. The molecule has 1 saturated heterocycles. The van der Waals surface area contributed by atoms with Gasteiger partial charge < -0.3 is 20.1 Å². The predicted molar refractivity (Wildman–Crippen MR) is 133 cm³/mol. The van der Waals surface area contributed by atoms with Crippen LogP contribution in [-0.4, -0.2) is 41.0 Å². The minimum Gasteiger partial charge on any atom is -0.388 e. The number of para-hydroxylation sites is 1. The van der Waals surface area contributed by atoms with Crippen LogP contribution < -0.4 is 10.8 Å². The molecule has 2 heterocycles. The molecule has 4 rings (SSSR count). The number of H-pyrrole nitrogens is 1. The molecule has 1 fully saturated rings. The highest BCUT2D eigenvalue weighted by molar-refractivity contribution is 5.91. The summed E-state index contributed by atoms with van der Waals surface area (Å²) < 4.78 is 5.49. The lowest BCUT2D eigenvalue weighted by atomic mass is 10.1. The number of aliphatic hydroxyl groups is 1. The molecule has 0 saturated carbocycles. The summed E-state index contributed by atoms with van der Waals surface area (Å²) in [6, 6.07) is 16.5. The van der Waals surface area contributed by atoms with Crippen LogP contribution in [-0.2, 0) is 27.3 Å². The van der Waals surface area contributed by atoms with E-state index in [2.05, 4.69) is 47.0 Å². The molecule has 3 atom stereocenters. The van der Waals surface area contributed by atoms with Gasteiger partial charge in [-0.15, -0.1) is 0 Å². The number of nitrogens with one attached hydrogen (secondary N) is 3. The van der Waals surface area contributed by atoms with E-state index >= 15 is 0 Å². The zero-order chi connectivity index (χ0) is 23.9. The van der Waals surface area contributed by atoms with Gasteiger partial charge in [0.25, 0.3) is 5.91 Å². The molecule has 34 heavy (non-hydrogen) atoms. The second-order valence-corrected chi connectivity index (χ2v) is 8.82. The highest BCUT2D eigenvalue weighted by atomic mass is 16.8. The molecule has 0 spiro atoms. The number of aromatic nitrogens is 1. The standard InChI is InChI=1S/C27H33N3O4/c1-18-7-13-25(31)27(33-18)34-30-26(32)14-12-20-8-10-21(11-9-20)17-28-16-15-22-19(2)29-24-6-4-3-5-23(22)24/h3-6,8-12,14,18,25,27-29,31H,7,13,15-17H2,1-2H3,(H,30,32)/b14-12+/t18-,25-,27-/m0/s1. The van der Waals surface area contributed by atoms with Gasteiger partial charge in [0, 0.05) is 29.2 Å². The Morgan fingerprint density at radius 3 is 2.82 bits per heavy atom. The average molecular weight is 464 g/mol. The van der Waals surface area contributed by atoms with Crippen molar-refractivity contribution in [3.05, 3.63) is 77.0 Å². The fourth-order valence-electron chi connectivity index (χ4n) is 4.21. The molecular weight excluding hydrogens is 430 g/mol. The Kier molecular flexibility index (Phi) is 8.13. The number of aromatic amines is 1. The van der Waals surface area contributed by atoms with Crippen molar-refractivity contribution < 1.29 is 19.5 Å². The van der Waals surface area contributed by atoms with E-state index in [9.17, 15) is 9.90 Å². The highest BCUT2D eigenvalue weighted by Crippen LogP contribution is 2.22. The quantitative estimate of drug-likeness (QED) is 0.220. The SMILES string of the molecule is Cc1[nH]c2ccccc2c1CCNCc1ccc(/C=C/C(=O)NO[C@@H]2O[C@@H](C)CC[C@@H]2O)cc1. The Bertz CT molecular complexity index is 1120. The van der Waals surface area contributed by atoms with Gasteiger partial charge in [-0.3, -0.25) is 4.79 Å². The van der Waals surface area contributed by atoms with Crippen LogP contribution in [0, 0.1) is 6.92 Å². The van der Waals surface area contributed by atoms with Crippen molar-refractivity contribution in [1.82, 2.24) is 15.8 Å². The fourth-order valence-corrected chi connectivity index (χ4v) is 4.21. The summed E-state index contributed by atoms with van der Waals surface area (Å²) in [4.78, 5) is 20.7. The molecule has 180 valence electrons. The number of rotatable bonds is 9. The second-order valence-electron chi connectivity index (χ2n) is 8.82. The molecule has 4 N–H and O–H groups in total. The highest BCUT2D eigenvalue weighted by Gasteiger charge is 2.29. The van der Waals surface area contributed by atoms with Gasteiger partial charge in [-0.25, -0.2) is 10.3 Å². The summed E-state index contributed by atoms with van der Waals surface area (Å²) in [5.74, 6) is -0.410. The van der Waals surface area contributed by atoms with Gasteiger partial charge in [0.15, 0.2) is 0 Å². The van der Waals surface area contributed by atoms with Crippen LogP contribution in [0.15, 0.2) is 54.6 Å². The van der Waals surface area contributed by atoms with Gasteiger partial charge in [0.2, 0.25) is 6.29 Å². The van der Waals surface area contributed by atoms with Crippen molar-refractivity contribution >= 4 is 22.9 Å². The van der Waals surface area contributed by atoms with E-state index in [1.807, 2.05) is 31.2 Å². The lowest BCUT2D eigenvalue weighted by Crippen LogP contribution is -2.43. The largest absolute Gasteiger partial charge is 0.388 e.